The summed E-state index contributed by atoms with van der Waals surface area (Å²) in [5.41, 5.74) is 3.71. The Morgan fingerprint density at radius 1 is 1.00 bits per heavy atom. The lowest BCUT2D eigenvalue weighted by atomic mass is 10.00. The zero-order chi connectivity index (χ0) is 17.9. The number of nitrogens with one attached hydrogen (secondary N) is 1. The minimum atomic E-state index is -0.627. The van der Waals surface area contributed by atoms with Crippen molar-refractivity contribution in [3.8, 4) is 5.69 Å². The van der Waals surface area contributed by atoms with E-state index in [-0.39, 0.29) is 0 Å². The maximum atomic E-state index is 12.5. The standard InChI is InChI=1S/C19H17N5O2/c25-18(19(26)23-10-9-14-3-1-2-4-15(14)11-23)22-16-5-7-17(8-6-16)24-13-20-12-21-24/h1-8,12-13H,9-11H2,(H,22,25). The van der Waals surface area contributed by atoms with E-state index in [1.807, 2.05) is 18.2 Å². The fourth-order valence-electron chi connectivity index (χ4n) is 3.04. The van der Waals surface area contributed by atoms with Crippen molar-refractivity contribution in [1.82, 2.24) is 19.7 Å². The van der Waals surface area contributed by atoms with E-state index in [0.29, 0.717) is 18.8 Å². The summed E-state index contributed by atoms with van der Waals surface area (Å²) in [4.78, 5) is 30.2. The lowest BCUT2D eigenvalue weighted by molar-refractivity contribution is -0.143. The fraction of sp³-hybridized carbons (Fsp3) is 0.158. The van der Waals surface area contributed by atoms with Crippen LogP contribution in [0.15, 0.2) is 61.2 Å². The molecule has 0 spiro atoms. The van der Waals surface area contributed by atoms with Gasteiger partial charge in [-0.2, -0.15) is 5.10 Å². The molecule has 0 unspecified atom stereocenters. The molecule has 1 aromatic heterocycles. The molecular weight excluding hydrogens is 330 g/mol. The van der Waals surface area contributed by atoms with Gasteiger partial charge in [0.2, 0.25) is 0 Å². The normalized spacial score (nSPS) is 13.2. The van der Waals surface area contributed by atoms with Crippen molar-refractivity contribution in [2.45, 2.75) is 13.0 Å². The average molecular weight is 347 g/mol. The Labute approximate surface area is 150 Å². The SMILES string of the molecule is O=C(Nc1ccc(-n2cncn2)cc1)C(=O)N1CCc2ccccc2C1. The number of nitrogens with zero attached hydrogens (tertiary/aromatic N) is 4. The Hall–Kier alpha value is -3.48. The molecule has 0 saturated carbocycles. The molecule has 130 valence electrons. The van der Waals surface area contributed by atoms with Gasteiger partial charge in [0.05, 0.1) is 5.69 Å². The number of hydrogen-bond acceptors (Lipinski definition) is 4. The molecule has 4 rings (SSSR count). The maximum absolute atomic E-state index is 12.5. The highest BCUT2D eigenvalue weighted by Crippen LogP contribution is 2.19. The Morgan fingerprint density at radius 2 is 1.77 bits per heavy atom. The van der Waals surface area contributed by atoms with Gasteiger partial charge in [-0.25, -0.2) is 9.67 Å². The van der Waals surface area contributed by atoms with Crippen LogP contribution in [0.2, 0.25) is 0 Å². The topological polar surface area (TPSA) is 80.1 Å². The van der Waals surface area contributed by atoms with Crippen LogP contribution in [0.3, 0.4) is 0 Å². The van der Waals surface area contributed by atoms with Crippen LogP contribution in [0.1, 0.15) is 11.1 Å². The van der Waals surface area contributed by atoms with Crippen molar-refractivity contribution in [3.63, 3.8) is 0 Å². The first kappa shape index (κ1) is 16.0. The second-order valence-electron chi connectivity index (χ2n) is 6.09. The molecule has 2 amide bonds. The minimum Gasteiger partial charge on any atom is -0.330 e. The second-order valence-corrected chi connectivity index (χ2v) is 6.09. The number of aromatic nitrogens is 3. The number of rotatable bonds is 2. The van der Waals surface area contributed by atoms with E-state index in [9.17, 15) is 9.59 Å². The molecule has 7 heteroatoms. The molecule has 0 aliphatic carbocycles. The lowest BCUT2D eigenvalue weighted by Gasteiger charge is -2.28. The molecule has 26 heavy (non-hydrogen) atoms. The van der Waals surface area contributed by atoms with Crippen LogP contribution in [0.4, 0.5) is 5.69 Å². The summed E-state index contributed by atoms with van der Waals surface area (Å²) in [6.07, 6.45) is 3.80. The van der Waals surface area contributed by atoms with Crippen LogP contribution >= 0.6 is 0 Å². The largest absolute Gasteiger partial charge is 0.330 e. The van der Waals surface area contributed by atoms with Crippen LogP contribution in [0.5, 0.6) is 0 Å². The lowest BCUT2D eigenvalue weighted by Crippen LogP contribution is -2.42. The molecule has 2 heterocycles. The summed E-state index contributed by atoms with van der Waals surface area (Å²) in [5.74, 6) is -1.14. The highest BCUT2D eigenvalue weighted by molar-refractivity contribution is 6.39. The third-order valence-electron chi connectivity index (χ3n) is 4.42. The van der Waals surface area contributed by atoms with Crippen molar-refractivity contribution in [1.29, 1.82) is 0 Å². The van der Waals surface area contributed by atoms with Gasteiger partial charge in [0.1, 0.15) is 12.7 Å². The predicted octanol–water partition coefficient (Wildman–Crippen LogP) is 1.79. The number of fused-ring (bicyclic) bond motifs is 1. The number of benzene rings is 2. The average Bonchev–Trinajstić information content (AvgIpc) is 3.22. The smallest absolute Gasteiger partial charge is 0.313 e. The zero-order valence-electron chi connectivity index (χ0n) is 14.0. The van der Waals surface area contributed by atoms with Crippen molar-refractivity contribution >= 4 is 17.5 Å². The summed E-state index contributed by atoms with van der Waals surface area (Å²) in [7, 11) is 0. The van der Waals surface area contributed by atoms with Crippen molar-refractivity contribution in [2.24, 2.45) is 0 Å². The van der Waals surface area contributed by atoms with Gasteiger partial charge in [0.15, 0.2) is 0 Å². The van der Waals surface area contributed by atoms with E-state index in [4.69, 9.17) is 0 Å². The van der Waals surface area contributed by atoms with Gasteiger partial charge in [0.25, 0.3) is 0 Å². The van der Waals surface area contributed by atoms with Gasteiger partial charge in [-0.3, -0.25) is 9.59 Å². The van der Waals surface area contributed by atoms with Crippen LogP contribution in [0, 0.1) is 0 Å². The van der Waals surface area contributed by atoms with Gasteiger partial charge in [0, 0.05) is 18.8 Å². The molecule has 1 aliphatic heterocycles. The molecule has 0 bridgehead atoms. The molecule has 0 radical (unpaired) electrons. The minimum absolute atomic E-state index is 0.466. The quantitative estimate of drug-likeness (QED) is 0.717. The molecule has 0 saturated heterocycles. The summed E-state index contributed by atoms with van der Waals surface area (Å²) in [6.45, 7) is 1.02. The van der Waals surface area contributed by atoms with E-state index >= 15 is 0 Å². The van der Waals surface area contributed by atoms with Crippen LogP contribution in [-0.2, 0) is 22.6 Å². The molecule has 1 N–H and O–H groups in total. The molecular formula is C19H17N5O2. The highest BCUT2D eigenvalue weighted by Gasteiger charge is 2.25. The molecule has 3 aromatic rings. The van der Waals surface area contributed by atoms with Gasteiger partial charge >= 0.3 is 11.8 Å². The van der Waals surface area contributed by atoms with Crippen molar-refractivity contribution < 1.29 is 9.59 Å². The monoisotopic (exact) mass is 347 g/mol. The molecule has 0 atom stereocenters. The van der Waals surface area contributed by atoms with Crippen LogP contribution < -0.4 is 5.32 Å². The third-order valence-corrected chi connectivity index (χ3v) is 4.42. The Balaban J connectivity index is 1.41. The van der Waals surface area contributed by atoms with E-state index in [1.54, 1.807) is 40.2 Å². The number of anilines is 1. The van der Waals surface area contributed by atoms with Gasteiger partial charge in [-0.1, -0.05) is 24.3 Å². The Kier molecular flexibility index (Phi) is 4.18. The van der Waals surface area contributed by atoms with E-state index in [0.717, 1.165) is 17.7 Å². The van der Waals surface area contributed by atoms with E-state index in [2.05, 4.69) is 21.5 Å². The zero-order valence-corrected chi connectivity index (χ0v) is 14.0. The van der Waals surface area contributed by atoms with Crippen molar-refractivity contribution in [2.75, 3.05) is 11.9 Å². The first-order valence-electron chi connectivity index (χ1n) is 8.33. The Bertz CT molecular complexity index is 935. The molecule has 1 aliphatic rings. The van der Waals surface area contributed by atoms with Crippen LogP contribution in [0.25, 0.3) is 5.69 Å². The maximum Gasteiger partial charge on any atom is 0.313 e. The number of amides is 2. The number of carbonyl (C=O) groups is 2. The van der Waals surface area contributed by atoms with Crippen LogP contribution in [-0.4, -0.2) is 38.0 Å². The summed E-state index contributed by atoms with van der Waals surface area (Å²) in [5, 5.41) is 6.70. The predicted molar refractivity (Wildman–Crippen MR) is 95.6 cm³/mol. The molecule has 7 nitrogen and oxygen atoms in total. The van der Waals surface area contributed by atoms with E-state index in [1.165, 1.54) is 11.9 Å². The summed E-state index contributed by atoms with van der Waals surface area (Å²) >= 11 is 0. The molecule has 2 aromatic carbocycles. The summed E-state index contributed by atoms with van der Waals surface area (Å²) < 4.78 is 1.61. The number of carbonyl (C=O) groups excluding carboxylic acids is 2. The fourth-order valence-corrected chi connectivity index (χ4v) is 3.04. The second kappa shape index (κ2) is 6.79. The van der Waals surface area contributed by atoms with Gasteiger partial charge in [-0.15, -0.1) is 0 Å². The van der Waals surface area contributed by atoms with E-state index < -0.39 is 11.8 Å². The molecule has 0 fully saturated rings. The van der Waals surface area contributed by atoms with Gasteiger partial charge < -0.3 is 10.2 Å². The highest BCUT2D eigenvalue weighted by atomic mass is 16.2. The third kappa shape index (κ3) is 3.19. The first-order chi connectivity index (χ1) is 12.7. The summed E-state index contributed by atoms with van der Waals surface area (Å²) in [6, 6.07) is 15.1. The Morgan fingerprint density at radius 3 is 2.50 bits per heavy atom. The van der Waals surface area contributed by atoms with Gasteiger partial charge in [-0.05, 0) is 41.8 Å². The number of hydrogen-bond donors (Lipinski definition) is 1. The first-order valence-corrected chi connectivity index (χ1v) is 8.33. The van der Waals surface area contributed by atoms with Crippen molar-refractivity contribution in [3.05, 3.63) is 72.3 Å².